The molecule has 12 aromatic rings. The van der Waals surface area contributed by atoms with Gasteiger partial charge < -0.3 is 28.4 Å². The van der Waals surface area contributed by atoms with Crippen molar-refractivity contribution in [1.29, 1.82) is 0 Å². The first-order valence-electron chi connectivity index (χ1n) is 51.8. The fourth-order valence-electron chi connectivity index (χ4n) is 25.0. The Labute approximate surface area is 813 Å². The number of allylic oxidation sites excluding steroid dienone is 12. The molecule has 137 heavy (non-hydrogen) atoms. The monoisotopic (exact) mass is 1810 g/mol. The topological polar surface area (TPSA) is 89.5 Å². The van der Waals surface area contributed by atoms with Crippen molar-refractivity contribution in [3.8, 4) is 72.9 Å². The van der Waals surface area contributed by atoms with Crippen LogP contribution in [0.1, 0.15) is 150 Å². The highest BCUT2D eigenvalue weighted by Crippen LogP contribution is 2.51. The van der Waals surface area contributed by atoms with Crippen LogP contribution in [0.2, 0.25) is 0 Å². The van der Waals surface area contributed by atoms with Crippen LogP contribution in [0.15, 0.2) is 382 Å². The van der Waals surface area contributed by atoms with E-state index in [0.717, 1.165) is 116 Å². The summed E-state index contributed by atoms with van der Waals surface area (Å²) >= 11 is 0. The smallest absolute Gasteiger partial charge is 0.493 e. The molecule has 0 aromatic heterocycles. The van der Waals surface area contributed by atoms with Gasteiger partial charge in [0.25, 0.3) is 0 Å². The maximum Gasteiger partial charge on any atom is 0.508 e. The summed E-state index contributed by atoms with van der Waals surface area (Å²) in [5.41, 5.74) is 17.5. The molecule has 25 rings (SSSR count). The van der Waals surface area contributed by atoms with Gasteiger partial charge in [0, 0.05) is 30.4 Å². The van der Waals surface area contributed by atoms with Crippen LogP contribution < -0.4 is 14.2 Å². The van der Waals surface area contributed by atoms with Crippen molar-refractivity contribution in [3.05, 3.63) is 405 Å². The summed E-state index contributed by atoms with van der Waals surface area (Å²) in [6.45, 7) is 4.13. The highest BCUT2D eigenvalue weighted by Gasteiger charge is 2.42. The van der Waals surface area contributed by atoms with E-state index in [2.05, 4.69) is 322 Å². The van der Waals surface area contributed by atoms with Crippen LogP contribution in [-0.4, -0.2) is 45.2 Å². The Kier molecular flexibility index (Phi) is 30.5. The van der Waals surface area contributed by atoms with Crippen molar-refractivity contribution < 1.29 is 38.0 Å². The quantitative estimate of drug-likeness (QED) is 0.0198. The van der Waals surface area contributed by atoms with Gasteiger partial charge in [0.05, 0.1) is 26.4 Å². The Morgan fingerprint density at radius 3 is 1.14 bits per heavy atom. The molecule has 8 nitrogen and oxygen atoms in total. The lowest BCUT2D eigenvalue weighted by Gasteiger charge is -2.20. The Morgan fingerprint density at radius 1 is 0.277 bits per heavy atom. The van der Waals surface area contributed by atoms with Gasteiger partial charge in [-0.1, -0.05) is 359 Å². The van der Waals surface area contributed by atoms with Crippen molar-refractivity contribution in [2.75, 3.05) is 33.0 Å². The molecule has 18 atom stereocenters. The standard InChI is InChI=1S/C23H22O3.C23H26.C22H26O.C21H20O2.2C20H20O/c24-23(25-13-17-12-15-9-10-16(17)11-15)26-14-22-20-7-3-1-5-18(20)19-6-2-4-8-21(19)22;1-2-7-20(8-3-1)21-13-10-18(11-14-21)6-4-5-9-22-16-19-12-15-23(22)17-19;1-2-6-20-15-18(9-10-19(20)5-1)16-23-12-4-3-7-21-13-17-8-11-22(21)14-17;22-21(14-19-13-15-6-7-18(19)12-15)23-20-10-8-17(9-11-20)16-4-2-1-3-5-16;1-2-6-16(7-3-1)19-8-4-5-9-20(19)21-14-18-13-15-10-11-17(18)12-15;1-2-4-16(5-3-1)17-8-10-20(11-9-17)21-14-19-13-15-6-7-18(19)12-15/h1-10,15-17,22H,11-14H2;1-3,7-8,10-15,19,22-23H,4-6,9,16-17H2;1-2,5-6,8-11,15,17,21-22H,3-4,7,12-14,16H2;1-11,15,18-19H,12-14H2;1-11,15,17-18H,12-14H2;1-11,15,18-19H,12-14H2. The van der Waals surface area contributed by atoms with Gasteiger partial charge in [0.1, 0.15) is 23.9 Å². The summed E-state index contributed by atoms with van der Waals surface area (Å²) < 4.78 is 34.5. The van der Waals surface area contributed by atoms with Gasteiger partial charge in [-0.15, -0.1) is 0 Å². The van der Waals surface area contributed by atoms with Crippen LogP contribution in [-0.2, 0) is 32.0 Å². The van der Waals surface area contributed by atoms with Crippen molar-refractivity contribution in [2.45, 2.75) is 141 Å². The zero-order valence-corrected chi connectivity index (χ0v) is 79.5. The van der Waals surface area contributed by atoms with Crippen molar-refractivity contribution in [3.63, 3.8) is 0 Å². The predicted molar refractivity (Wildman–Crippen MR) is 558 cm³/mol. The van der Waals surface area contributed by atoms with E-state index in [9.17, 15) is 9.59 Å². The molecule has 6 saturated carbocycles. The minimum absolute atomic E-state index is 0.0837. The van der Waals surface area contributed by atoms with E-state index in [0.29, 0.717) is 72.7 Å². The molecule has 0 aliphatic heterocycles. The van der Waals surface area contributed by atoms with Crippen LogP contribution in [0, 0.1) is 107 Å². The number of unbranched alkanes of at least 4 members (excludes halogenated alkanes) is 2. The second-order valence-electron chi connectivity index (χ2n) is 41.3. The first-order valence-corrected chi connectivity index (χ1v) is 51.8. The highest BCUT2D eigenvalue weighted by atomic mass is 16.7. The van der Waals surface area contributed by atoms with Gasteiger partial charge in [-0.2, -0.15) is 0 Å². The lowest BCUT2D eigenvalue weighted by molar-refractivity contribution is -0.135. The van der Waals surface area contributed by atoms with Crippen LogP contribution in [0.3, 0.4) is 0 Å². The summed E-state index contributed by atoms with van der Waals surface area (Å²) in [5, 5.41) is 2.61. The van der Waals surface area contributed by atoms with Crippen molar-refractivity contribution in [1.82, 2.24) is 0 Å². The summed E-state index contributed by atoms with van der Waals surface area (Å²) in [7, 11) is 0. The van der Waals surface area contributed by atoms with Crippen molar-refractivity contribution in [2.24, 2.45) is 107 Å². The fourth-order valence-corrected chi connectivity index (χ4v) is 25.0. The molecule has 12 aromatic carbocycles. The average molecular weight is 1810 g/mol. The summed E-state index contributed by atoms with van der Waals surface area (Å²) in [5.74, 6) is 16.3. The number of carbonyl (C=O) groups is 2. The summed E-state index contributed by atoms with van der Waals surface area (Å²) in [4.78, 5) is 24.3. The maximum atomic E-state index is 12.2. The Balaban J connectivity index is 0.000000102. The molecular weight excluding hydrogens is 1680 g/mol. The molecule has 0 amide bonds. The molecule has 0 spiro atoms. The number of fused-ring (bicyclic) bond motifs is 16. The third kappa shape index (κ3) is 23.9. The third-order valence-corrected chi connectivity index (χ3v) is 32.3. The molecule has 12 bridgehead atoms. The first kappa shape index (κ1) is 92.3. The van der Waals surface area contributed by atoms with Gasteiger partial charge in [-0.3, -0.25) is 4.79 Å². The van der Waals surface area contributed by atoms with Crippen LogP contribution in [0.5, 0.6) is 17.2 Å². The molecule has 698 valence electrons. The highest BCUT2D eigenvalue weighted by molar-refractivity contribution is 5.83. The molecule has 0 N–H and O–H groups in total. The first-order chi connectivity index (χ1) is 67.6. The van der Waals surface area contributed by atoms with Crippen LogP contribution in [0.4, 0.5) is 4.79 Å². The lowest BCUT2D eigenvalue weighted by Crippen LogP contribution is -2.20. The van der Waals surface area contributed by atoms with Crippen LogP contribution in [0.25, 0.3) is 66.4 Å². The predicted octanol–water partition coefficient (Wildman–Crippen LogP) is 31.9. The van der Waals surface area contributed by atoms with E-state index < -0.39 is 6.16 Å². The Bertz CT molecular complexity index is 6090. The summed E-state index contributed by atoms with van der Waals surface area (Å²) in [6.07, 6.45) is 53.7. The molecule has 0 heterocycles. The largest absolute Gasteiger partial charge is 0.508 e. The Morgan fingerprint density at radius 2 is 0.657 bits per heavy atom. The number of esters is 1. The van der Waals surface area contributed by atoms with Gasteiger partial charge in [0.2, 0.25) is 0 Å². The van der Waals surface area contributed by atoms with Gasteiger partial charge in [-0.05, 0) is 329 Å². The lowest BCUT2D eigenvalue weighted by atomic mass is 9.88. The van der Waals surface area contributed by atoms with E-state index in [4.69, 9.17) is 28.4 Å². The molecule has 6 fully saturated rings. The van der Waals surface area contributed by atoms with Gasteiger partial charge >= 0.3 is 12.1 Å². The van der Waals surface area contributed by atoms with Crippen molar-refractivity contribution >= 4 is 22.9 Å². The minimum Gasteiger partial charge on any atom is -0.493 e. The maximum absolute atomic E-state index is 12.2. The average Bonchev–Trinajstić information content (AvgIpc) is 1.61. The molecule has 0 saturated heterocycles. The number of hydrogen-bond acceptors (Lipinski definition) is 8. The van der Waals surface area contributed by atoms with Gasteiger partial charge in [-0.25, -0.2) is 4.79 Å². The van der Waals surface area contributed by atoms with E-state index in [-0.39, 0.29) is 11.9 Å². The number of hydrogen-bond donors (Lipinski definition) is 0. The number of para-hydroxylation sites is 1. The summed E-state index contributed by atoms with van der Waals surface area (Å²) in [6, 6.07) is 107. The third-order valence-electron chi connectivity index (χ3n) is 32.3. The van der Waals surface area contributed by atoms with E-state index in [1.807, 2.05) is 60.7 Å². The number of rotatable bonds is 29. The molecule has 13 aliphatic carbocycles. The fraction of sp³-hybridized carbons (Fsp3) is 0.349. The minimum atomic E-state index is -0.543. The second kappa shape index (κ2) is 45.3. The number of benzene rings is 12. The van der Waals surface area contributed by atoms with E-state index in [1.54, 1.807) is 0 Å². The zero-order valence-electron chi connectivity index (χ0n) is 79.5. The number of carbonyl (C=O) groups excluding carboxylic acids is 2. The number of ether oxygens (including phenoxy) is 6. The van der Waals surface area contributed by atoms with Gasteiger partial charge in [0.15, 0.2) is 0 Å². The zero-order chi connectivity index (χ0) is 92.3. The molecule has 18 unspecified atom stereocenters. The second-order valence-corrected chi connectivity index (χ2v) is 41.3. The number of aryl methyl sites for hydroxylation is 1. The van der Waals surface area contributed by atoms with E-state index >= 15 is 0 Å². The molecule has 13 aliphatic rings. The normalized spacial score (nSPS) is 25.5. The van der Waals surface area contributed by atoms with E-state index in [1.165, 1.54) is 192 Å². The molecular formula is C129H134O8. The van der Waals surface area contributed by atoms with Crippen LogP contribution >= 0.6 is 0 Å². The SMILES string of the molecule is C1=CC2CC1CC2CCCCOCc1ccc2ccccc2c1.C1=CC2CC1CC2CCCCc1ccc(-c2ccccc2)cc1.C1=CC2CC1CC2COc1ccc(-c2ccccc2)cc1.C1=CC2CC1CC2COc1ccccc1-c1ccccc1.O=C(CC1CC2C=CC1C2)Oc1ccc(-c2ccccc2)cc1.O=C(OCC1c2ccccc2-c2ccccc21)OCC1CC2C=CC1C2. The molecule has 8 heteroatoms. The molecule has 0 radical (unpaired) electrons. The Hall–Kier alpha value is -12.4.